The zero-order valence-corrected chi connectivity index (χ0v) is 23.2. The number of nitrogen functional groups attached to an aromatic ring is 1. The molecule has 0 radical (unpaired) electrons. The molecule has 0 aliphatic carbocycles. The van der Waals surface area contributed by atoms with Crippen LogP contribution in [0.1, 0.15) is 11.5 Å². The summed E-state index contributed by atoms with van der Waals surface area (Å²) >= 11 is 2.30. The van der Waals surface area contributed by atoms with Crippen molar-refractivity contribution in [2.75, 3.05) is 18.5 Å². The average molecular weight is 592 g/mol. The van der Waals surface area contributed by atoms with Crippen molar-refractivity contribution >= 4 is 63.1 Å². The molecule has 0 saturated carbocycles. The number of thioether (sulfide) groups is 1. The highest BCUT2D eigenvalue weighted by atomic mass is 32.2. The van der Waals surface area contributed by atoms with E-state index in [4.69, 9.17) is 5.73 Å². The lowest BCUT2D eigenvalue weighted by Crippen LogP contribution is -2.71. The number of anilines is 1. The first-order valence-electron chi connectivity index (χ1n) is 12.4. The Labute approximate surface area is 240 Å². The van der Waals surface area contributed by atoms with Gasteiger partial charge in [0.25, 0.3) is 11.8 Å². The number of aliphatic carboxylic acids is 1. The summed E-state index contributed by atoms with van der Waals surface area (Å²) in [5.41, 5.74) is 8.46. The van der Waals surface area contributed by atoms with Crippen LogP contribution in [0.5, 0.6) is 0 Å². The Bertz CT molecular complexity index is 1750. The van der Waals surface area contributed by atoms with Crippen LogP contribution in [0.25, 0.3) is 11.2 Å². The minimum Gasteiger partial charge on any atom is -0.477 e. The second-order valence-electron chi connectivity index (χ2n) is 9.19. The van der Waals surface area contributed by atoms with Crippen molar-refractivity contribution in [1.29, 1.82) is 0 Å². The minimum absolute atomic E-state index is 0.0633. The summed E-state index contributed by atoms with van der Waals surface area (Å²) < 4.78 is 7.84. The maximum Gasteiger partial charge on any atom is 0.352 e. The summed E-state index contributed by atoms with van der Waals surface area (Å²) in [5, 5.41) is 12.4. The number of rotatable bonds is 8. The lowest BCUT2D eigenvalue weighted by Gasteiger charge is -2.49. The van der Waals surface area contributed by atoms with Crippen LogP contribution in [0.2, 0.25) is 0 Å². The van der Waals surface area contributed by atoms with Gasteiger partial charge in [-0.15, -0.1) is 11.8 Å². The SMILES string of the molecule is CN=C(C(=O)NC1C(=O)N2C(C(=O)O)=C(C[n+]3cccc4c3ncn4Cc3ccccn3)CSC12)c1nsc(N)n1. The lowest BCUT2D eigenvalue weighted by molar-refractivity contribution is -0.664. The minimum atomic E-state index is -1.21. The first-order valence-corrected chi connectivity index (χ1v) is 14.2. The highest BCUT2D eigenvalue weighted by molar-refractivity contribution is 8.00. The fourth-order valence-electron chi connectivity index (χ4n) is 4.86. The number of nitrogens with two attached hydrogens (primary N) is 1. The summed E-state index contributed by atoms with van der Waals surface area (Å²) in [6.45, 7) is 0.761. The predicted molar refractivity (Wildman–Crippen MR) is 150 cm³/mol. The molecule has 41 heavy (non-hydrogen) atoms. The topological polar surface area (TPSA) is 185 Å². The molecule has 0 bridgehead atoms. The Morgan fingerprint density at radius 2 is 2.12 bits per heavy atom. The molecule has 2 aliphatic heterocycles. The Kier molecular flexibility index (Phi) is 6.92. The average Bonchev–Trinajstić information content (AvgIpc) is 3.59. The van der Waals surface area contributed by atoms with E-state index in [1.165, 1.54) is 23.7 Å². The van der Waals surface area contributed by atoms with Gasteiger partial charge in [-0.2, -0.15) is 9.36 Å². The van der Waals surface area contributed by atoms with Crippen LogP contribution in [-0.4, -0.2) is 81.6 Å². The summed E-state index contributed by atoms with van der Waals surface area (Å²) in [6.07, 6.45) is 5.29. The van der Waals surface area contributed by atoms with Gasteiger partial charge in [0.05, 0.1) is 18.4 Å². The molecule has 6 heterocycles. The van der Waals surface area contributed by atoms with E-state index >= 15 is 0 Å². The number of nitrogens with zero attached hydrogens (tertiary/aromatic N) is 8. The Hall–Kier alpha value is -4.70. The quantitative estimate of drug-likeness (QED) is 0.144. The molecule has 208 valence electrons. The summed E-state index contributed by atoms with van der Waals surface area (Å²) in [4.78, 5) is 56.6. The van der Waals surface area contributed by atoms with E-state index in [1.807, 2.05) is 45.7 Å². The fraction of sp³-hybridized carbons (Fsp3) is 0.240. The van der Waals surface area contributed by atoms with Crippen molar-refractivity contribution in [3.05, 3.63) is 71.8 Å². The van der Waals surface area contributed by atoms with E-state index < -0.39 is 29.2 Å². The predicted octanol–water partition coefficient (Wildman–Crippen LogP) is 0.0585. The van der Waals surface area contributed by atoms with Crippen molar-refractivity contribution in [2.24, 2.45) is 4.99 Å². The third kappa shape index (κ3) is 4.80. The van der Waals surface area contributed by atoms with Crippen molar-refractivity contribution in [3.63, 3.8) is 0 Å². The van der Waals surface area contributed by atoms with Gasteiger partial charge in [0.2, 0.25) is 6.33 Å². The van der Waals surface area contributed by atoms with E-state index in [0.717, 1.165) is 22.7 Å². The van der Waals surface area contributed by atoms with Gasteiger partial charge in [0.15, 0.2) is 16.7 Å². The number of hydrogen-bond donors (Lipinski definition) is 3. The number of carboxylic acid groups (broad SMARTS) is 1. The number of carboxylic acids is 1. The number of imidazole rings is 1. The van der Waals surface area contributed by atoms with Crippen LogP contribution < -0.4 is 15.6 Å². The molecule has 2 aliphatic rings. The number of aliphatic imine (C=N–C) groups is 1. The number of carbonyl (C=O) groups is 3. The smallest absolute Gasteiger partial charge is 0.352 e. The lowest BCUT2D eigenvalue weighted by atomic mass is 10.0. The normalized spacial score (nSPS) is 18.8. The summed E-state index contributed by atoms with van der Waals surface area (Å²) in [7, 11) is 1.41. The molecule has 2 amide bonds. The van der Waals surface area contributed by atoms with Gasteiger partial charge in [-0.1, -0.05) is 6.07 Å². The molecule has 2 unspecified atom stereocenters. The number of nitrogens with one attached hydrogen (secondary N) is 1. The molecule has 4 aromatic heterocycles. The van der Waals surface area contributed by atoms with Crippen LogP contribution in [0, 0.1) is 0 Å². The Morgan fingerprint density at radius 1 is 1.27 bits per heavy atom. The van der Waals surface area contributed by atoms with Gasteiger partial charge in [-0.05, 0) is 29.2 Å². The first-order chi connectivity index (χ1) is 19.9. The molecule has 2 atom stereocenters. The fourth-order valence-corrected chi connectivity index (χ4v) is 6.63. The molecular formula is C25H23N10O4S2+. The standard InChI is InChI=1S/C25H22N10O4S2/c1-27-16(19-31-25(26)41-32-19)21(36)30-17-22(37)35-18(24(38)39)13(11-40-23(17)35)9-33-8-4-6-15-20(33)29-12-34(15)10-14-5-2-3-7-28-14/h2-8,12,17,23H,9-11H2,1H3,(H3-,26,30,31,32,36,38,39)/p+1. The number of β-lactam (4-membered cyclic amide) rings is 1. The van der Waals surface area contributed by atoms with Crippen molar-refractivity contribution in [2.45, 2.75) is 24.5 Å². The molecule has 16 heteroatoms. The third-order valence-electron chi connectivity index (χ3n) is 6.70. The van der Waals surface area contributed by atoms with Crippen LogP contribution in [0.3, 0.4) is 0 Å². The van der Waals surface area contributed by atoms with Crippen molar-refractivity contribution in [3.8, 4) is 0 Å². The monoisotopic (exact) mass is 591 g/mol. The molecular weight excluding hydrogens is 568 g/mol. The largest absolute Gasteiger partial charge is 0.477 e. The second kappa shape index (κ2) is 10.7. The van der Waals surface area contributed by atoms with Gasteiger partial charge in [-0.3, -0.25) is 29.0 Å². The molecule has 4 N–H and O–H groups in total. The van der Waals surface area contributed by atoms with Crippen molar-refractivity contribution < 1.29 is 24.1 Å². The van der Waals surface area contributed by atoms with Gasteiger partial charge in [0.1, 0.15) is 29.2 Å². The van der Waals surface area contributed by atoms with E-state index in [0.29, 0.717) is 23.5 Å². The highest BCUT2D eigenvalue weighted by Gasteiger charge is 2.54. The van der Waals surface area contributed by atoms with Crippen LogP contribution in [0.15, 0.2) is 65.3 Å². The van der Waals surface area contributed by atoms with E-state index in [1.54, 1.807) is 12.5 Å². The number of fused-ring (bicyclic) bond motifs is 2. The molecule has 4 aromatic rings. The number of pyridine rings is 2. The maximum atomic E-state index is 13.2. The Morgan fingerprint density at radius 3 is 2.83 bits per heavy atom. The molecule has 14 nitrogen and oxygen atoms in total. The van der Waals surface area contributed by atoms with Crippen LogP contribution >= 0.6 is 23.3 Å². The molecule has 1 saturated heterocycles. The van der Waals surface area contributed by atoms with E-state index in [-0.39, 0.29) is 28.9 Å². The van der Waals surface area contributed by atoms with Gasteiger partial charge in [-0.25, -0.2) is 9.36 Å². The first kappa shape index (κ1) is 26.5. The van der Waals surface area contributed by atoms with Crippen LogP contribution in [0.4, 0.5) is 5.13 Å². The summed E-state index contributed by atoms with van der Waals surface area (Å²) in [5.74, 6) is -1.96. The molecule has 6 rings (SSSR count). The zero-order valence-electron chi connectivity index (χ0n) is 21.5. The van der Waals surface area contributed by atoms with Crippen molar-refractivity contribution in [1.82, 2.24) is 34.1 Å². The van der Waals surface area contributed by atoms with Gasteiger partial charge < -0.3 is 16.2 Å². The van der Waals surface area contributed by atoms with Gasteiger partial charge >= 0.3 is 11.6 Å². The second-order valence-corrected chi connectivity index (χ2v) is 11.1. The summed E-state index contributed by atoms with van der Waals surface area (Å²) in [6, 6.07) is 8.61. The number of amides is 2. The number of aromatic nitrogens is 6. The van der Waals surface area contributed by atoms with E-state index in [2.05, 4.69) is 29.6 Å². The zero-order chi connectivity index (χ0) is 28.7. The molecule has 0 spiro atoms. The van der Waals surface area contributed by atoms with E-state index in [9.17, 15) is 19.5 Å². The maximum absolute atomic E-state index is 13.2. The third-order valence-corrected chi connectivity index (χ3v) is 8.58. The Balaban J connectivity index is 1.23. The molecule has 1 fully saturated rings. The highest BCUT2D eigenvalue weighted by Crippen LogP contribution is 2.40. The molecule has 0 aromatic carbocycles. The van der Waals surface area contributed by atoms with Gasteiger partial charge in [0, 0.05) is 36.1 Å². The number of carbonyl (C=O) groups excluding carboxylic acids is 2. The number of hydrogen-bond acceptors (Lipinski definition) is 11. The van der Waals surface area contributed by atoms with Crippen LogP contribution in [-0.2, 0) is 27.5 Å².